The van der Waals surface area contributed by atoms with E-state index in [2.05, 4.69) is 17.5 Å². The van der Waals surface area contributed by atoms with Crippen LogP contribution in [-0.2, 0) is 4.74 Å². The van der Waals surface area contributed by atoms with E-state index in [9.17, 15) is 0 Å². The van der Waals surface area contributed by atoms with Crippen LogP contribution in [0.2, 0.25) is 0 Å². The first-order valence-corrected chi connectivity index (χ1v) is 6.38. The van der Waals surface area contributed by atoms with E-state index in [0.29, 0.717) is 0 Å². The van der Waals surface area contributed by atoms with E-state index < -0.39 is 0 Å². The van der Waals surface area contributed by atoms with E-state index in [1.54, 1.807) is 0 Å². The predicted molar refractivity (Wildman–Crippen MR) is 62.9 cm³/mol. The lowest BCUT2D eigenvalue weighted by Gasteiger charge is -2.24. The minimum Gasteiger partial charge on any atom is -0.381 e. The van der Waals surface area contributed by atoms with Crippen LogP contribution >= 0.6 is 0 Å². The molecule has 86 valence electrons. The van der Waals surface area contributed by atoms with Gasteiger partial charge in [-0.2, -0.15) is 0 Å². The average Bonchev–Trinajstić information content (AvgIpc) is 2.32. The molecule has 1 saturated heterocycles. The second-order valence-corrected chi connectivity index (χ2v) is 4.86. The summed E-state index contributed by atoms with van der Waals surface area (Å²) in [7, 11) is 0. The highest BCUT2D eigenvalue weighted by atomic mass is 16.5. The molecule has 2 heteroatoms. The highest BCUT2D eigenvalue weighted by Crippen LogP contribution is 2.18. The smallest absolute Gasteiger partial charge is 0.0469 e. The van der Waals surface area contributed by atoms with Crippen molar-refractivity contribution in [1.29, 1.82) is 0 Å². The summed E-state index contributed by atoms with van der Waals surface area (Å²) in [5, 5.41) is 3.64. The van der Waals surface area contributed by atoms with Crippen LogP contribution in [0.5, 0.6) is 0 Å². The van der Waals surface area contributed by atoms with Gasteiger partial charge in [0.2, 0.25) is 0 Å². The largest absolute Gasteiger partial charge is 0.381 e. The Hall–Kier alpha value is -0.340. The van der Waals surface area contributed by atoms with E-state index in [4.69, 9.17) is 4.74 Å². The van der Waals surface area contributed by atoms with Crippen molar-refractivity contribution in [2.45, 2.75) is 32.1 Å². The molecule has 2 rings (SSSR count). The average molecular weight is 209 g/mol. The van der Waals surface area contributed by atoms with Gasteiger partial charge >= 0.3 is 0 Å². The SMILES string of the molecule is C1=CCC(CNCC2CCOCC2)CC1. The zero-order valence-corrected chi connectivity index (χ0v) is 9.58. The number of allylic oxidation sites excluding steroid dienone is 2. The van der Waals surface area contributed by atoms with E-state index >= 15 is 0 Å². The summed E-state index contributed by atoms with van der Waals surface area (Å²) in [6, 6.07) is 0. The molecule has 0 aromatic rings. The topological polar surface area (TPSA) is 21.3 Å². The van der Waals surface area contributed by atoms with Crippen molar-refractivity contribution in [3.05, 3.63) is 12.2 Å². The fraction of sp³-hybridized carbons (Fsp3) is 0.846. The second-order valence-electron chi connectivity index (χ2n) is 4.86. The molecule has 0 amide bonds. The summed E-state index contributed by atoms with van der Waals surface area (Å²) in [6.07, 6.45) is 11.1. The molecule has 1 aliphatic carbocycles. The van der Waals surface area contributed by atoms with Gasteiger partial charge in [-0.25, -0.2) is 0 Å². The van der Waals surface area contributed by atoms with Gasteiger partial charge < -0.3 is 10.1 Å². The molecule has 2 aliphatic rings. The van der Waals surface area contributed by atoms with E-state index in [1.807, 2.05) is 0 Å². The van der Waals surface area contributed by atoms with Crippen LogP contribution in [0, 0.1) is 11.8 Å². The minimum absolute atomic E-state index is 0.859. The Balaban J connectivity index is 1.55. The summed E-state index contributed by atoms with van der Waals surface area (Å²) in [6.45, 7) is 4.35. The standard InChI is InChI=1S/C13H23NO/c1-2-4-12(5-3-1)10-14-11-13-6-8-15-9-7-13/h1-2,12-14H,3-11H2. The molecule has 1 fully saturated rings. The van der Waals surface area contributed by atoms with E-state index in [1.165, 1.54) is 45.2 Å². The Labute approximate surface area is 93.1 Å². The van der Waals surface area contributed by atoms with Crippen LogP contribution < -0.4 is 5.32 Å². The number of ether oxygens (including phenoxy) is 1. The molecule has 0 aromatic heterocycles. The Morgan fingerprint density at radius 3 is 2.53 bits per heavy atom. The fourth-order valence-electron chi connectivity index (χ4n) is 2.48. The van der Waals surface area contributed by atoms with E-state index in [-0.39, 0.29) is 0 Å². The lowest BCUT2D eigenvalue weighted by atomic mass is 9.94. The summed E-state index contributed by atoms with van der Waals surface area (Å²) >= 11 is 0. The van der Waals surface area contributed by atoms with Crippen LogP contribution in [0.15, 0.2) is 12.2 Å². The second kappa shape index (κ2) is 6.29. The lowest BCUT2D eigenvalue weighted by Crippen LogP contribution is -2.31. The number of hydrogen-bond donors (Lipinski definition) is 1. The van der Waals surface area contributed by atoms with Crippen LogP contribution in [0.25, 0.3) is 0 Å². The third kappa shape index (κ3) is 3.96. The summed E-state index contributed by atoms with van der Waals surface area (Å²) in [5.74, 6) is 1.74. The molecule has 0 radical (unpaired) electrons. The Kier molecular flexibility index (Phi) is 4.68. The van der Waals surface area contributed by atoms with Crippen molar-refractivity contribution in [2.75, 3.05) is 26.3 Å². The van der Waals surface area contributed by atoms with Crippen molar-refractivity contribution in [1.82, 2.24) is 5.32 Å². The maximum absolute atomic E-state index is 5.36. The highest BCUT2D eigenvalue weighted by Gasteiger charge is 2.14. The van der Waals surface area contributed by atoms with E-state index in [0.717, 1.165) is 25.0 Å². The van der Waals surface area contributed by atoms with Gasteiger partial charge in [-0.3, -0.25) is 0 Å². The van der Waals surface area contributed by atoms with Gasteiger partial charge in [0.05, 0.1) is 0 Å². The lowest BCUT2D eigenvalue weighted by molar-refractivity contribution is 0.0660. The minimum atomic E-state index is 0.859. The van der Waals surface area contributed by atoms with Crippen LogP contribution in [0.3, 0.4) is 0 Å². The first-order chi connectivity index (χ1) is 7.45. The van der Waals surface area contributed by atoms with Gasteiger partial charge in [0.1, 0.15) is 0 Å². The number of nitrogens with one attached hydrogen (secondary N) is 1. The molecule has 2 nitrogen and oxygen atoms in total. The van der Waals surface area contributed by atoms with Crippen molar-refractivity contribution >= 4 is 0 Å². The third-order valence-corrected chi connectivity index (χ3v) is 3.58. The quantitative estimate of drug-likeness (QED) is 0.718. The molecule has 0 spiro atoms. The maximum Gasteiger partial charge on any atom is 0.0469 e. The van der Waals surface area contributed by atoms with Crippen molar-refractivity contribution < 1.29 is 4.74 Å². The molecular formula is C13H23NO. The molecule has 1 N–H and O–H groups in total. The van der Waals surface area contributed by atoms with Gasteiger partial charge in [-0.15, -0.1) is 0 Å². The molecule has 1 heterocycles. The normalized spacial score (nSPS) is 28.1. The monoisotopic (exact) mass is 209 g/mol. The molecule has 1 aliphatic heterocycles. The van der Waals surface area contributed by atoms with Crippen molar-refractivity contribution in [3.8, 4) is 0 Å². The highest BCUT2D eigenvalue weighted by molar-refractivity contribution is 4.90. The van der Waals surface area contributed by atoms with Crippen LogP contribution in [0.4, 0.5) is 0 Å². The molecule has 0 aromatic carbocycles. The fourth-order valence-corrected chi connectivity index (χ4v) is 2.48. The van der Waals surface area contributed by atoms with Gasteiger partial charge in [0, 0.05) is 13.2 Å². The molecule has 15 heavy (non-hydrogen) atoms. The third-order valence-electron chi connectivity index (χ3n) is 3.58. The Morgan fingerprint density at radius 1 is 1.00 bits per heavy atom. The molecule has 0 bridgehead atoms. The first kappa shape index (κ1) is 11.2. The van der Waals surface area contributed by atoms with Gasteiger partial charge in [-0.1, -0.05) is 12.2 Å². The molecular weight excluding hydrogens is 186 g/mol. The Bertz CT molecular complexity index is 197. The summed E-state index contributed by atoms with van der Waals surface area (Å²) in [5.41, 5.74) is 0. The summed E-state index contributed by atoms with van der Waals surface area (Å²) < 4.78 is 5.36. The zero-order valence-electron chi connectivity index (χ0n) is 9.58. The number of rotatable bonds is 4. The summed E-state index contributed by atoms with van der Waals surface area (Å²) in [4.78, 5) is 0. The van der Waals surface area contributed by atoms with Crippen molar-refractivity contribution in [2.24, 2.45) is 11.8 Å². The van der Waals surface area contributed by atoms with Crippen LogP contribution in [0.1, 0.15) is 32.1 Å². The molecule has 0 saturated carbocycles. The first-order valence-electron chi connectivity index (χ1n) is 6.38. The molecule has 1 atom stereocenters. The number of hydrogen-bond acceptors (Lipinski definition) is 2. The van der Waals surface area contributed by atoms with Crippen LogP contribution in [-0.4, -0.2) is 26.3 Å². The van der Waals surface area contributed by atoms with Crippen molar-refractivity contribution in [3.63, 3.8) is 0 Å². The zero-order chi connectivity index (χ0) is 10.3. The maximum atomic E-state index is 5.36. The Morgan fingerprint density at radius 2 is 1.80 bits per heavy atom. The predicted octanol–water partition coefficient (Wildman–Crippen LogP) is 2.36. The van der Waals surface area contributed by atoms with Gasteiger partial charge in [0.25, 0.3) is 0 Å². The van der Waals surface area contributed by atoms with Gasteiger partial charge in [0.15, 0.2) is 0 Å². The molecule has 1 unspecified atom stereocenters. The van der Waals surface area contributed by atoms with Gasteiger partial charge in [-0.05, 0) is 57.0 Å².